The number of alkyl halides is 12. The van der Waals surface area contributed by atoms with Crippen molar-refractivity contribution in [3.05, 3.63) is 11.1 Å². The molecule has 28 heavy (non-hydrogen) atoms. The van der Waals surface area contributed by atoms with E-state index in [1.807, 2.05) is 0 Å². The maximum Gasteiger partial charge on any atom is 0.430 e. The molecule has 0 saturated heterocycles. The predicted octanol–water partition coefficient (Wildman–Crippen LogP) is 3.40. The minimum atomic E-state index is -6.80. The van der Waals surface area contributed by atoms with Crippen LogP contribution in [0.15, 0.2) is 11.1 Å². The zero-order valence-electron chi connectivity index (χ0n) is 13.0. The summed E-state index contributed by atoms with van der Waals surface area (Å²) in [6.07, 6.45) is -31.5. The van der Waals surface area contributed by atoms with Crippen LogP contribution in [0.4, 0.5) is 52.7 Å². The minimum Gasteiger partial charge on any atom is -0.392 e. The molecule has 0 heterocycles. The Bertz CT molecular complexity index is 640. The smallest absolute Gasteiger partial charge is 0.392 e. The van der Waals surface area contributed by atoms with Crippen LogP contribution in [-0.4, -0.2) is 57.3 Å². The van der Waals surface area contributed by atoms with Gasteiger partial charge in [0.15, 0.2) is 0 Å². The van der Waals surface area contributed by atoms with Crippen molar-refractivity contribution in [2.24, 2.45) is 11.8 Å². The molecule has 0 aliphatic heterocycles. The van der Waals surface area contributed by atoms with Crippen molar-refractivity contribution in [1.29, 1.82) is 0 Å². The molecule has 3 atom stereocenters. The lowest BCUT2D eigenvalue weighted by Crippen LogP contribution is -2.64. The fraction of sp³-hybridized carbons (Fsp3) is 0.846. The normalized spacial score (nSPS) is 27.8. The van der Waals surface area contributed by atoms with Crippen LogP contribution in [-0.2, 0) is 0 Å². The summed E-state index contributed by atoms with van der Waals surface area (Å²) in [5, 5.41) is 28.4. The van der Waals surface area contributed by atoms with Gasteiger partial charge in [0.2, 0.25) is 0 Å². The van der Waals surface area contributed by atoms with Gasteiger partial charge in [-0.05, 0) is 29.9 Å². The Morgan fingerprint density at radius 3 is 1.21 bits per heavy atom. The van der Waals surface area contributed by atoms with Crippen molar-refractivity contribution in [2.75, 3.05) is 0 Å². The molecule has 3 N–H and O–H groups in total. The Kier molecular flexibility index (Phi) is 4.86. The topological polar surface area (TPSA) is 60.7 Å². The number of aliphatic hydroxyl groups is 3. The van der Waals surface area contributed by atoms with Gasteiger partial charge in [0.1, 0.15) is 0 Å². The summed E-state index contributed by atoms with van der Waals surface area (Å²) in [6.45, 7) is 0. The summed E-state index contributed by atoms with van der Waals surface area (Å²) in [5.74, 6) is -4.84. The lowest BCUT2D eigenvalue weighted by Gasteiger charge is -2.43. The first kappa shape index (κ1) is 23.1. The van der Waals surface area contributed by atoms with Crippen molar-refractivity contribution in [2.45, 2.75) is 54.9 Å². The summed E-state index contributed by atoms with van der Waals surface area (Å²) in [4.78, 5) is 0. The molecular formula is C13H10F12O3. The van der Waals surface area contributed by atoms with E-state index in [9.17, 15) is 68.0 Å². The van der Waals surface area contributed by atoms with Crippen LogP contribution >= 0.6 is 0 Å². The molecular weight excluding hydrogens is 432 g/mol. The van der Waals surface area contributed by atoms with E-state index in [1.165, 1.54) is 0 Å². The number of hydrogen-bond acceptors (Lipinski definition) is 3. The quantitative estimate of drug-likeness (QED) is 0.454. The molecule has 3 unspecified atom stereocenters. The van der Waals surface area contributed by atoms with Gasteiger partial charge in [-0.1, -0.05) is 0 Å². The standard InChI is InChI=1S/C13H10F12O3/c14-10(15,16)8(27,11(17,18)19)6-3-1-4(5(26)2-3)7(6)9(28,12(20,21)22)13(23,24)25/h3-5,26-28H,1-2H2. The van der Waals surface area contributed by atoms with Gasteiger partial charge in [-0.2, -0.15) is 52.7 Å². The zero-order valence-corrected chi connectivity index (χ0v) is 13.0. The summed E-state index contributed by atoms with van der Waals surface area (Å²) >= 11 is 0. The fourth-order valence-electron chi connectivity index (χ4n) is 3.87. The first-order valence-electron chi connectivity index (χ1n) is 7.27. The van der Waals surface area contributed by atoms with Gasteiger partial charge in [0.05, 0.1) is 6.10 Å². The monoisotopic (exact) mass is 442 g/mol. The van der Waals surface area contributed by atoms with Crippen molar-refractivity contribution >= 4 is 0 Å². The summed E-state index contributed by atoms with van der Waals surface area (Å²) < 4.78 is 157. The summed E-state index contributed by atoms with van der Waals surface area (Å²) in [7, 11) is 0. The Morgan fingerprint density at radius 2 is 0.893 bits per heavy atom. The lowest BCUT2D eigenvalue weighted by atomic mass is 9.72. The van der Waals surface area contributed by atoms with E-state index in [-0.39, 0.29) is 0 Å². The highest BCUT2D eigenvalue weighted by molar-refractivity contribution is 5.46. The molecule has 2 aliphatic rings. The molecule has 2 bridgehead atoms. The molecule has 2 aliphatic carbocycles. The van der Waals surface area contributed by atoms with Crippen LogP contribution in [0.3, 0.4) is 0 Å². The molecule has 164 valence electrons. The molecule has 1 fully saturated rings. The third-order valence-corrected chi connectivity index (χ3v) is 5.02. The second kappa shape index (κ2) is 5.90. The van der Waals surface area contributed by atoms with E-state index in [0.717, 1.165) is 0 Å². The number of hydrogen-bond donors (Lipinski definition) is 3. The molecule has 0 aromatic heterocycles. The van der Waals surface area contributed by atoms with Gasteiger partial charge in [0.25, 0.3) is 11.2 Å². The lowest BCUT2D eigenvalue weighted by molar-refractivity contribution is -0.364. The van der Waals surface area contributed by atoms with Crippen LogP contribution in [0.2, 0.25) is 0 Å². The van der Waals surface area contributed by atoms with Crippen LogP contribution in [0.1, 0.15) is 12.8 Å². The predicted molar refractivity (Wildman–Crippen MR) is 63.4 cm³/mol. The molecule has 0 radical (unpaired) electrons. The minimum absolute atomic E-state index is 1.05. The van der Waals surface area contributed by atoms with Crippen LogP contribution in [0.25, 0.3) is 0 Å². The maximum absolute atomic E-state index is 13.1. The van der Waals surface area contributed by atoms with Gasteiger partial charge in [-0.15, -0.1) is 0 Å². The molecule has 0 aromatic rings. The number of aliphatic hydroxyl groups excluding tert-OH is 1. The average molecular weight is 442 g/mol. The van der Waals surface area contributed by atoms with E-state index in [0.29, 0.717) is 0 Å². The third kappa shape index (κ3) is 2.80. The highest BCUT2D eigenvalue weighted by atomic mass is 19.4. The van der Waals surface area contributed by atoms with Gasteiger partial charge in [-0.3, -0.25) is 0 Å². The second-order valence-electron chi connectivity index (χ2n) is 6.58. The van der Waals surface area contributed by atoms with Crippen molar-refractivity contribution < 1.29 is 68.0 Å². The van der Waals surface area contributed by atoms with E-state index in [4.69, 9.17) is 0 Å². The molecule has 15 heteroatoms. The number of rotatable bonds is 2. The number of halogens is 12. The Hall–Kier alpha value is -1.22. The highest BCUT2D eigenvalue weighted by Gasteiger charge is 2.81. The van der Waals surface area contributed by atoms with Gasteiger partial charge < -0.3 is 15.3 Å². The molecule has 2 rings (SSSR count). The first-order valence-corrected chi connectivity index (χ1v) is 7.27. The molecule has 0 amide bonds. The van der Waals surface area contributed by atoms with E-state index in [1.54, 1.807) is 0 Å². The van der Waals surface area contributed by atoms with Gasteiger partial charge in [0, 0.05) is 5.92 Å². The molecule has 0 spiro atoms. The SMILES string of the molecule is OC1CC2CC1C(C(O)(C(F)(F)F)C(F)(F)F)=C2C(O)(C(F)(F)F)C(F)(F)F. The Balaban J connectivity index is 2.99. The van der Waals surface area contributed by atoms with E-state index in [2.05, 4.69) is 0 Å². The van der Waals surface area contributed by atoms with E-state index >= 15 is 0 Å². The molecule has 1 saturated carbocycles. The van der Waals surface area contributed by atoms with Gasteiger partial charge >= 0.3 is 24.7 Å². The van der Waals surface area contributed by atoms with Crippen LogP contribution in [0.5, 0.6) is 0 Å². The number of fused-ring (bicyclic) bond motifs is 2. The largest absolute Gasteiger partial charge is 0.430 e. The van der Waals surface area contributed by atoms with Crippen LogP contribution in [0, 0.1) is 11.8 Å². The van der Waals surface area contributed by atoms with Crippen molar-refractivity contribution in [3.8, 4) is 0 Å². The zero-order chi connectivity index (χ0) is 22.3. The summed E-state index contributed by atoms with van der Waals surface area (Å²) in [6, 6.07) is 0. The third-order valence-electron chi connectivity index (χ3n) is 5.02. The Labute approximate surface area is 147 Å². The molecule has 3 nitrogen and oxygen atoms in total. The maximum atomic E-state index is 13.1. The average Bonchev–Trinajstić information content (AvgIpc) is 2.97. The summed E-state index contributed by atoms with van der Waals surface area (Å²) in [5.41, 5.74) is -17.7. The fourth-order valence-corrected chi connectivity index (χ4v) is 3.87. The van der Waals surface area contributed by atoms with Gasteiger partial charge in [-0.25, -0.2) is 0 Å². The van der Waals surface area contributed by atoms with Crippen molar-refractivity contribution in [3.63, 3.8) is 0 Å². The Morgan fingerprint density at radius 1 is 0.571 bits per heavy atom. The van der Waals surface area contributed by atoms with Crippen LogP contribution < -0.4 is 0 Å². The highest BCUT2D eigenvalue weighted by Crippen LogP contribution is 2.64. The molecule has 0 aromatic carbocycles. The first-order chi connectivity index (χ1) is 12.1. The second-order valence-corrected chi connectivity index (χ2v) is 6.58. The van der Waals surface area contributed by atoms with Crippen molar-refractivity contribution in [1.82, 2.24) is 0 Å². The van der Waals surface area contributed by atoms with E-state index < -0.39 is 77.8 Å².